The third-order valence-corrected chi connectivity index (χ3v) is 6.04. The van der Waals surface area contributed by atoms with Gasteiger partial charge in [0.2, 0.25) is 5.88 Å². The molecule has 7 nitrogen and oxygen atoms in total. The van der Waals surface area contributed by atoms with Crippen molar-refractivity contribution in [1.82, 2.24) is 14.7 Å². The number of aryl methyl sites for hydroxylation is 1. The number of methoxy groups -OCH3 is 1. The second kappa shape index (κ2) is 12.7. The van der Waals surface area contributed by atoms with E-state index in [4.69, 9.17) is 19.3 Å². The lowest BCUT2D eigenvalue weighted by molar-refractivity contribution is -0.0150. The van der Waals surface area contributed by atoms with Gasteiger partial charge in [-0.1, -0.05) is 31.2 Å². The molecule has 1 heterocycles. The molecule has 0 unspecified atom stereocenters. The van der Waals surface area contributed by atoms with Crippen molar-refractivity contribution >= 4 is 0 Å². The lowest BCUT2D eigenvalue weighted by Crippen LogP contribution is -2.40. The average Bonchev–Trinajstić information content (AvgIpc) is 3.17. The predicted molar refractivity (Wildman–Crippen MR) is 139 cm³/mol. The molecule has 0 aliphatic rings. The Hall–Kier alpha value is -2.87. The van der Waals surface area contributed by atoms with Crippen LogP contribution in [0.25, 0.3) is 5.69 Å². The van der Waals surface area contributed by atoms with Gasteiger partial charge in [-0.2, -0.15) is 5.10 Å². The number of aromatic nitrogens is 2. The fourth-order valence-electron chi connectivity index (χ4n) is 3.83. The van der Waals surface area contributed by atoms with Crippen molar-refractivity contribution < 1.29 is 19.3 Å². The van der Waals surface area contributed by atoms with E-state index in [1.54, 1.807) is 7.11 Å². The largest absolute Gasteiger partial charge is 0.497 e. The van der Waals surface area contributed by atoms with Crippen molar-refractivity contribution in [2.24, 2.45) is 0 Å². The summed E-state index contributed by atoms with van der Waals surface area (Å²) in [6.45, 7) is 11.7. The van der Waals surface area contributed by atoms with Gasteiger partial charge in [0.1, 0.15) is 11.5 Å². The van der Waals surface area contributed by atoms with E-state index in [2.05, 4.69) is 18.7 Å². The zero-order valence-electron chi connectivity index (χ0n) is 21.8. The maximum atomic E-state index is 10.7. The third kappa shape index (κ3) is 7.31. The Kier molecular flexibility index (Phi) is 9.72. The lowest BCUT2D eigenvalue weighted by Gasteiger charge is -2.30. The van der Waals surface area contributed by atoms with Gasteiger partial charge in [-0.15, -0.1) is 0 Å². The molecule has 1 N–H and O–H groups in total. The van der Waals surface area contributed by atoms with Gasteiger partial charge in [0.25, 0.3) is 0 Å². The maximum Gasteiger partial charge on any atom is 0.227 e. The molecule has 0 saturated carbocycles. The van der Waals surface area contributed by atoms with Crippen LogP contribution in [0.2, 0.25) is 0 Å². The minimum Gasteiger partial charge on any atom is -0.497 e. The van der Waals surface area contributed by atoms with E-state index in [1.807, 2.05) is 80.1 Å². The number of aliphatic hydroxyl groups excluding tert-OH is 1. The summed E-state index contributed by atoms with van der Waals surface area (Å²) in [7, 11) is 1.64. The normalized spacial score (nSPS) is 13.3. The molecule has 3 rings (SSSR count). The van der Waals surface area contributed by atoms with Crippen LogP contribution in [-0.2, 0) is 11.3 Å². The van der Waals surface area contributed by atoms with Crippen molar-refractivity contribution in [3.05, 3.63) is 65.9 Å². The molecule has 7 heteroatoms. The van der Waals surface area contributed by atoms with Crippen LogP contribution in [0.4, 0.5) is 0 Å². The molecule has 190 valence electrons. The van der Waals surface area contributed by atoms with Crippen molar-refractivity contribution in [2.75, 3.05) is 20.3 Å². The van der Waals surface area contributed by atoms with Gasteiger partial charge in [0.15, 0.2) is 0 Å². The monoisotopic (exact) mass is 481 g/mol. The number of hydrogen-bond acceptors (Lipinski definition) is 6. The summed E-state index contributed by atoms with van der Waals surface area (Å²) in [6, 6.07) is 17.8. The summed E-state index contributed by atoms with van der Waals surface area (Å²) in [5, 5.41) is 15.5. The summed E-state index contributed by atoms with van der Waals surface area (Å²) in [6.07, 6.45) is 0.449. The van der Waals surface area contributed by atoms with Gasteiger partial charge in [-0.05, 0) is 58.4 Å². The average molecular weight is 482 g/mol. The van der Waals surface area contributed by atoms with Gasteiger partial charge in [0, 0.05) is 25.2 Å². The van der Waals surface area contributed by atoms with E-state index in [-0.39, 0.29) is 12.1 Å². The van der Waals surface area contributed by atoms with Crippen LogP contribution in [0, 0.1) is 6.92 Å². The Morgan fingerprint density at radius 2 is 1.74 bits per heavy atom. The molecule has 0 aliphatic carbocycles. The topological polar surface area (TPSA) is 69.0 Å². The molecular weight excluding hydrogens is 442 g/mol. The third-order valence-electron chi connectivity index (χ3n) is 6.04. The summed E-state index contributed by atoms with van der Waals surface area (Å²) in [5.41, 5.74) is 2.78. The highest BCUT2D eigenvalue weighted by Gasteiger charge is 2.25. The van der Waals surface area contributed by atoms with Gasteiger partial charge in [-0.25, -0.2) is 4.68 Å². The molecular formula is C28H39N3O4. The quantitative estimate of drug-likeness (QED) is 0.354. The molecule has 0 spiro atoms. The van der Waals surface area contributed by atoms with Gasteiger partial charge < -0.3 is 19.3 Å². The zero-order chi connectivity index (χ0) is 25.4. The number of benzene rings is 2. The Morgan fingerprint density at radius 1 is 1.03 bits per heavy atom. The second-order valence-corrected chi connectivity index (χ2v) is 9.12. The van der Waals surface area contributed by atoms with E-state index in [9.17, 15) is 5.11 Å². The van der Waals surface area contributed by atoms with Gasteiger partial charge in [-0.3, -0.25) is 4.90 Å². The number of ether oxygens (including phenoxy) is 3. The Balaban J connectivity index is 1.97. The summed E-state index contributed by atoms with van der Waals surface area (Å²) in [4.78, 5) is 2.27. The molecule has 3 aromatic rings. The first kappa shape index (κ1) is 26.7. The number of rotatable bonds is 13. The SMILES string of the molecule is CC[C@@H](C)N(Cc1c(C)nn(-c2ccccc2)c1Oc1cccc(OC)c1)C[C@H](O)COC(C)C. The smallest absolute Gasteiger partial charge is 0.227 e. The van der Waals surface area contributed by atoms with E-state index in [1.165, 1.54) is 0 Å². The highest BCUT2D eigenvalue weighted by Crippen LogP contribution is 2.33. The zero-order valence-corrected chi connectivity index (χ0v) is 21.8. The first-order valence-corrected chi connectivity index (χ1v) is 12.3. The van der Waals surface area contributed by atoms with Crippen LogP contribution in [-0.4, -0.2) is 58.3 Å². The second-order valence-electron chi connectivity index (χ2n) is 9.12. The van der Waals surface area contributed by atoms with E-state index < -0.39 is 6.10 Å². The number of aliphatic hydroxyl groups is 1. The van der Waals surface area contributed by atoms with Gasteiger partial charge >= 0.3 is 0 Å². The van der Waals surface area contributed by atoms with Crippen LogP contribution in [0.5, 0.6) is 17.4 Å². The predicted octanol–water partition coefficient (Wildman–Crippen LogP) is 5.37. The van der Waals surface area contributed by atoms with Crippen molar-refractivity contribution in [1.29, 1.82) is 0 Å². The highest BCUT2D eigenvalue weighted by atomic mass is 16.5. The molecule has 0 saturated heterocycles. The Bertz CT molecular complexity index is 1050. The molecule has 0 amide bonds. The lowest BCUT2D eigenvalue weighted by atomic mass is 10.1. The molecule has 0 fully saturated rings. The first-order chi connectivity index (χ1) is 16.8. The minimum absolute atomic E-state index is 0.0795. The fraction of sp³-hybridized carbons (Fsp3) is 0.464. The van der Waals surface area contributed by atoms with Crippen molar-refractivity contribution in [2.45, 2.75) is 65.8 Å². The van der Waals surface area contributed by atoms with Gasteiger partial charge in [0.05, 0.1) is 42.9 Å². The Morgan fingerprint density at radius 3 is 2.40 bits per heavy atom. The molecule has 0 bridgehead atoms. The van der Waals surface area contributed by atoms with Crippen molar-refractivity contribution in [3.63, 3.8) is 0 Å². The van der Waals surface area contributed by atoms with E-state index >= 15 is 0 Å². The van der Waals surface area contributed by atoms with Crippen LogP contribution < -0.4 is 9.47 Å². The van der Waals surface area contributed by atoms with Crippen LogP contribution >= 0.6 is 0 Å². The minimum atomic E-state index is -0.585. The molecule has 1 aromatic heterocycles. The standard InChI is InChI=1S/C28H39N3O4/c1-7-21(4)30(17-24(32)19-34-20(2)3)18-27-22(5)29-31(23-12-9-8-10-13-23)28(27)35-26-15-11-14-25(16-26)33-6/h8-16,20-21,24,32H,7,17-19H2,1-6H3/t21-,24+/m1/s1. The summed E-state index contributed by atoms with van der Waals surface area (Å²) >= 11 is 0. The molecule has 0 aliphatic heterocycles. The first-order valence-electron chi connectivity index (χ1n) is 12.3. The number of para-hydroxylation sites is 1. The highest BCUT2D eigenvalue weighted by molar-refractivity contribution is 5.44. The Labute approximate surface area is 209 Å². The summed E-state index contributed by atoms with van der Waals surface area (Å²) in [5.74, 6) is 2.05. The molecule has 2 atom stereocenters. The van der Waals surface area contributed by atoms with Crippen LogP contribution in [0.3, 0.4) is 0 Å². The molecule has 35 heavy (non-hydrogen) atoms. The number of hydrogen-bond donors (Lipinski definition) is 1. The number of nitrogens with zero attached hydrogens (tertiary/aromatic N) is 3. The summed E-state index contributed by atoms with van der Waals surface area (Å²) < 4.78 is 19.3. The molecule has 0 radical (unpaired) electrons. The molecule has 2 aromatic carbocycles. The van der Waals surface area contributed by atoms with E-state index in [0.717, 1.165) is 29.1 Å². The van der Waals surface area contributed by atoms with Crippen LogP contribution in [0.15, 0.2) is 54.6 Å². The fourth-order valence-corrected chi connectivity index (χ4v) is 3.83. The van der Waals surface area contributed by atoms with E-state index in [0.29, 0.717) is 31.3 Å². The maximum absolute atomic E-state index is 10.7. The van der Waals surface area contributed by atoms with Crippen molar-refractivity contribution in [3.8, 4) is 23.1 Å². The van der Waals surface area contributed by atoms with Crippen LogP contribution in [0.1, 0.15) is 45.4 Å².